The van der Waals surface area contributed by atoms with Crippen molar-refractivity contribution in [3.63, 3.8) is 0 Å². The molecule has 0 aliphatic carbocycles. The third-order valence-corrected chi connectivity index (χ3v) is 11.2. The first-order valence-corrected chi connectivity index (χ1v) is 14.0. The van der Waals surface area contributed by atoms with Crippen LogP contribution in [0.25, 0.3) is 0 Å². The molecule has 0 bridgehead atoms. The fourth-order valence-electron chi connectivity index (χ4n) is 3.76. The molecule has 2 rings (SSSR count). The smallest absolute Gasteiger partial charge is 0.192 e. The molecule has 6 heteroatoms. The molecule has 5 nitrogen and oxygen atoms in total. The number of aliphatic hydroxyl groups excluding tert-OH is 1. The number of hydrogen-bond donors (Lipinski definition) is 1. The van der Waals surface area contributed by atoms with Gasteiger partial charge in [0.2, 0.25) is 0 Å². The maximum absolute atomic E-state index is 10.6. The Morgan fingerprint density at radius 3 is 2.30 bits per heavy atom. The summed E-state index contributed by atoms with van der Waals surface area (Å²) >= 11 is 0. The van der Waals surface area contributed by atoms with E-state index in [1.807, 2.05) is 30.3 Å². The van der Waals surface area contributed by atoms with Crippen molar-refractivity contribution in [2.24, 2.45) is 11.8 Å². The standard InChI is InChI=1S/C24H42O5Si/c1-17-21(14-20(25)16-27-15-19-12-10-9-11-13-19)28-23(26-6)18(2)22(17)29-30(7,8)24(3,4)5/h9-13,17-18,20-23,25H,14-16H2,1-8H3/t17-,18+,20-,21-,22-,23?/m0/s1. The van der Waals surface area contributed by atoms with Gasteiger partial charge in [-0.1, -0.05) is 65.0 Å². The number of methoxy groups -OCH3 is 1. The number of ether oxygens (including phenoxy) is 3. The molecule has 0 spiro atoms. The summed E-state index contributed by atoms with van der Waals surface area (Å²) in [5.74, 6) is 0.283. The Morgan fingerprint density at radius 1 is 1.10 bits per heavy atom. The highest BCUT2D eigenvalue weighted by atomic mass is 28.4. The average molecular weight is 439 g/mol. The van der Waals surface area contributed by atoms with Crippen molar-refractivity contribution in [1.82, 2.24) is 0 Å². The Labute approximate surface area is 184 Å². The van der Waals surface area contributed by atoms with Crippen molar-refractivity contribution in [1.29, 1.82) is 0 Å². The monoisotopic (exact) mass is 438 g/mol. The lowest BCUT2D eigenvalue weighted by Gasteiger charge is -2.49. The van der Waals surface area contributed by atoms with Crippen LogP contribution in [-0.4, -0.2) is 51.7 Å². The van der Waals surface area contributed by atoms with Crippen LogP contribution in [0, 0.1) is 11.8 Å². The van der Waals surface area contributed by atoms with Crippen molar-refractivity contribution < 1.29 is 23.7 Å². The minimum absolute atomic E-state index is 0.0343. The zero-order valence-corrected chi connectivity index (χ0v) is 21.1. The van der Waals surface area contributed by atoms with Crippen LogP contribution in [0.3, 0.4) is 0 Å². The van der Waals surface area contributed by atoms with Gasteiger partial charge >= 0.3 is 0 Å². The molecule has 1 saturated heterocycles. The third kappa shape index (κ3) is 6.62. The van der Waals surface area contributed by atoms with E-state index in [1.54, 1.807) is 7.11 Å². The predicted octanol–water partition coefficient (Wildman–Crippen LogP) is 4.99. The lowest BCUT2D eigenvalue weighted by Crippen LogP contribution is -2.56. The molecule has 1 unspecified atom stereocenters. The summed E-state index contributed by atoms with van der Waals surface area (Å²) in [6.45, 7) is 16.4. The molecule has 1 aliphatic rings. The summed E-state index contributed by atoms with van der Waals surface area (Å²) in [5, 5.41) is 10.7. The van der Waals surface area contributed by atoms with Gasteiger partial charge in [0.1, 0.15) is 0 Å². The van der Waals surface area contributed by atoms with Gasteiger partial charge in [-0.3, -0.25) is 0 Å². The van der Waals surface area contributed by atoms with Gasteiger partial charge in [0.25, 0.3) is 0 Å². The van der Waals surface area contributed by atoms with Crippen molar-refractivity contribution in [3.8, 4) is 0 Å². The van der Waals surface area contributed by atoms with E-state index in [4.69, 9.17) is 18.6 Å². The third-order valence-electron chi connectivity index (χ3n) is 6.76. The van der Waals surface area contributed by atoms with E-state index in [-0.39, 0.29) is 42.0 Å². The van der Waals surface area contributed by atoms with Crippen molar-refractivity contribution in [2.75, 3.05) is 13.7 Å². The van der Waals surface area contributed by atoms with E-state index in [0.29, 0.717) is 13.0 Å². The molecule has 172 valence electrons. The Balaban J connectivity index is 1.98. The molecule has 1 N–H and O–H groups in total. The molecule has 30 heavy (non-hydrogen) atoms. The molecule has 1 fully saturated rings. The highest BCUT2D eigenvalue weighted by Gasteiger charge is 2.47. The molecule has 0 radical (unpaired) electrons. The van der Waals surface area contributed by atoms with E-state index in [1.165, 1.54) is 0 Å². The lowest BCUT2D eigenvalue weighted by atomic mass is 9.84. The average Bonchev–Trinajstić information content (AvgIpc) is 2.67. The van der Waals surface area contributed by atoms with Crippen molar-refractivity contribution in [2.45, 2.75) is 90.4 Å². The maximum atomic E-state index is 10.6. The van der Waals surface area contributed by atoms with Gasteiger partial charge < -0.3 is 23.7 Å². The highest BCUT2D eigenvalue weighted by molar-refractivity contribution is 6.74. The molecular weight excluding hydrogens is 396 g/mol. The Bertz CT molecular complexity index is 630. The van der Waals surface area contributed by atoms with E-state index in [9.17, 15) is 5.11 Å². The minimum atomic E-state index is -1.94. The second-order valence-corrected chi connectivity index (χ2v) is 15.0. The largest absolute Gasteiger partial charge is 0.413 e. The van der Waals surface area contributed by atoms with Crippen LogP contribution in [0.2, 0.25) is 18.1 Å². The molecular formula is C24H42O5Si. The quantitative estimate of drug-likeness (QED) is 0.551. The Hall–Kier alpha value is -0.763. The number of benzene rings is 1. The summed E-state index contributed by atoms with van der Waals surface area (Å²) in [5.41, 5.74) is 1.10. The lowest BCUT2D eigenvalue weighted by molar-refractivity contribution is -0.255. The van der Waals surface area contributed by atoms with Gasteiger partial charge in [0.05, 0.1) is 31.5 Å². The van der Waals surface area contributed by atoms with Gasteiger partial charge in [0.15, 0.2) is 14.6 Å². The van der Waals surface area contributed by atoms with E-state index in [2.05, 4.69) is 47.7 Å². The second-order valence-electron chi connectivity index (χ2n) is 10.2. The predicted molar refractivity (Wildman–Crippen MR) is 123 cm³/mol. The van der Waals surface area contributed by atoms with Gasteiger partial charge in [-0.15, -0.1) is 0 Å². The van der Waals surface area contributed by atoms with Gasteiger partial charge in [-0.25, -0.2) is 0 Å². The summed E-state index contributed by atoms with van der Waals surface area (Å²) in [4.78, 5) is 0. The molecule has 1 aliphatic heterocycles. The SMILES string of the molecule is COC1O[C@@H](C[C@H](O)COCc2ccccc2)[C@H](C)[C@H](O[Si](C)(C)C(C)(C)C)[C@H]1C. The fourth-order valence-corrected chi connectivity index (χ4v) is 5.22. The number of rotatable bonds is 9. The zero-order valence-electron chi connectivity index (χ0n) is 20.1. The van der Waals surface area contributed by atoms with E-state index < -0.39 is 14.4 Å². The summed E-state index contributed by atoms with van der Waals surface area (Å²) < 4.78 is 24.4. The van der Waals surface area contributed by atoms with Crippen LogP contribution < -0.4 is 0 Å². The highest BCUT2D eigenvalue weighted by Crippen LogP contribution is 2.42. The topological polar surface area (TPSA) is 57.2 Å². The van der Waals surface area contributed by atoms with Crippen LogP contribution in [0.15, 0.2) is 30.3 Å². The van der Waals surface area contributed by atoms with E-state index in [0.717, 1.165) is 5.56 Å². The maximum Gasteiger partial charge on any atom is 0.192 e. The van der Waals surface area contributed by atoms with Gasteiger partial charge in [0, 0.05) is 25.4 Å². The van der Waals surface area contributed by atoms with Gasteiger partial charge in [-0.2, -0.15) is 0 Å². The summed E-state index contributed by atoms with van der Waals surface area (Å²) in [6, 6.07) is 10.00. The molecule has 1 aromatic carbocycles. The molecule has 0 saturated carbocycles. The van der Waals surface area contributed by atoms with Gasteiger partial charge in [-0.05, 0) is 23.7 Å². The van der Waals surface area contributed by atoms with Crippen molar-refractivity contribution >= 4 is 8.32 Å². The molecule has 1 heterocycles. The fraction of sp³-hybridized carbons (Fsp3) is 0.750. The molecule has 0 amide bonds. The molecule has 6 atom stereocenters. The number of aliphatic hydroxyl groups is 1. The Morgan fingerprint density at radius 2 is 1.73 bits per heavy atom. The number of hydrogen-bond acceptors (Lipinski definition) is 5. The van der Waals surface area contributed by atoms with Crippen LogP contribution >= 0.6 is 0 Å². The van der Waals surface area contributed by atoms with Crippen LogP contribution in [0.5, 0.6) is 0 Å². The summed E-state index contributed by atoms with van der Waals surface area (Å²) in [6.07, 6.45) is -0.540. The minimum Gasteiger partial charge on any atom is -0.413 e. The van der Waals surface area contributed by atoms with Crippen LogP contribution in [0.4, 0.5) is 0 Å². The van der Waals surface area contributed by atoms with Crippen LogP contribution in [-0.2, 0) is 25.2 Å². The first kappa shape index (κ1) is 25.5. The Kier molecular flexibility index (Phi) is 9.10. The van der Waals surface area contributed by atoms with E-state index >= 15 is 0 Å². The molecule has 0 aromatic heterocycles. The first-order chi connectivity index (χ1) is 14.0. The first-order valence-electron chi connectivity index (χ1n) is 11.1. The summed E-state index contributed by atoms with van der Waals surface area (Å²) in [7, 11) is -0.267. The van der Waals surface area contributed by atoms with Crippen LogP contribution in [0.1, 0.15) is 46.6 Å². The normalized spacial score (nSPS) is 29.0. The zero-order chi connectivity index (χ0) is 22.5. The molecule has 1 aromatic rings. The van der Waals surface area contributed by atoms with Crippen molar-refractivity contribution in [3.05, 3.63) is 35.9 Å². The second kappa shape index (κ2) is 10.7.